The predicted molar refractivity (Wildman–Crippen MR) is 243 cm³/mol. The molecule has 0 spiro atoms. The summed E-state index contributed by atoms with van der Waals surface area (Å²) in [6.45, 7) is 10.3. The number of hydrogen-bond donors (Lipinski definition) is 5. The van der Waals surface area contributed by atoms with Crippen LogP contribution in [-0.4, -0.2) is 91.0 Å². The first-order valence-electron chi connectivity index (χ1n) is 20.7. The Morgan fingerprint density at radius 2 is 1.72 bits per heavy atom. The van der Waals surface area contributed by atoms with E-state index in [1.54, 1.807) is 39.0 Å². The zero-order valence-electron chi connectivity index (χ0n) is 34.7. The number of carbonyl (C=O) groups is 2. The minimum atomic E-state index is -2.76. The molecule has 2 aromatic heterocycles. The number of nitrogens with zero attached hydrogens (tertiary/aromatic N) is 5. The van der Waals surface area contributed by atoms with Crippen molar-refractivity contribution in [3.8, 4) is 5.75 Å². The molecule has 1 unspecified atom stereocenters. The number of nitrogens with one attached hydrogen (secondary N) is 5. The van der Waals surface area contributed by atoms with Gasteiger partial charge in [-0.15, -0.1) is 0 Å². The summed E-state index contributed by atoms with van der Waals surface area (Å²) in [5.74, 6) is 0.984. The van der Waals surface area contributed by atoms with Crippen molar-refractivity contribution >= 4 is 80.1 Å². The summed E-state index contributed by atoms with van der Waals surface area (Å²) in [5.41, 5.74) is 7.31. The molecule has 2 saturated heterocycles. The molecule has 0 saturated carbocycles. The van der Waals surface area contributed by atoms with Crippen molar-refractivity contribution in [2.45, 2.75) is 63.8 Å². The van der Waals surface area contributed by atoms with Crippen LogP contribution in [0, 0.1) is 0 Å². The van der Waals surface area contributed by atoms with Gasteiger partial charge in [0, 0.05) is 69.0 Å². The van der Waals surface area contributed by atoms with E-state index in [0.29, 0.717) is 62.9 Å². The van der Waals surface area contributed by atoms with E-state index in [4.69, 9.17) is 9.72 Å². The highest BCUT2D eigenvalue weighted by molar-refractivity contribution is 9.10. The molecule has 5 N–H and O–H groups in total. The van der Waals surface area contributed by atoms with Crippen LogP contribution >= 0.6 is 23.1 Å². The zero-order valence-corrected chi connectivity index (χ0v) is 37.2. The van der Waals surface area contributed by atoms with Gasteiger partial charge in [-0.05, 0) is 109 Å². The first-order valence-corrected chi connectivity index (χ1v) is 24.1. The Hall–Kier alpha value is -4.95. The van der Waals surface area contributed by atoms with Crippen LogP contribution in [0.1, 0.15) is 61.6 Å². The first-order chi connectivity index (χ1) is 29.0. The van der Waals surface area contributed by atoms with Crippen LogP contribution in [0.3, 0.4) is 0 Å². The maximum Gasteiger partial charge on any atom is 0.234 e. The maximum atomic E-state index is 13.5. The van der Waals surface area contributed by atoms with Gasteiger partial charge in [-0.1, -0.05) is 31.2 Å². The number of benzene rings is 3. The van der Waals surface area contributed by atoms with Crippen molar-refractivity contribution in [2.75, 3.05) is 68.7 Å². The predicted octanol–water partition coefficient (Wildman–Crippen LogP) is 6.79. The number of anilines is 5. The van der Waals surface area contributed by atoms with E-state index in [1.807, 2.05) is 24.3 Å². The van der Waals surface area contributed by atoms with E-state index < -0.39 is 7.14 Å². The second-order valence-electron chi connectivity index (χ2n) is 15.7. The summed E-state index contributed by atoms with van der Waals surface area (Å²) in [6.07, 6.45) is 10.9. The third-order valence-electron chi connectivity index (χ3n) is 11.2. The highest BCUT2D eigenvalue weighted by Gasteiger charge is 2.28. The Balaban J connectivity index is 0.889. The molecule has 2 fully saturated rings. The van der Waals surface area contributed by atoms with Gasteiger partial charge in [-0.25, -0.2) is 4.98 Å². The molecule has 1 atom stereocenters. The van der Waals surface area contributed by atoms with Crippen molar-refractivity contribution in [1.82, 2.24) is 35.9 Å². The number of halogens is 1. The van der Waals surface area contributed by atoms with Crippen LogP contribution in [-0.2, 0) is 27.0 Å². The number of amides is 2. The number of aryl methyl sites for hydroxylation is 2. The molecule has 0 radical (unpaired) electrons. The SMILES string of the molecule is CCc1cc(Nc2ncc(Br)c(Nc3ccc4nccnc4c3P(C)(C)=O)n2)c(OC)cc1N1CCC(NCCNCCCc2ccc(C3CCC(=O)NC3=O)cc2)CC1. The summed E-state index contributed by atoms with van der Waals surface area (Å²) in [4.78, 5) is 44.4. The Bertz CT molecular complexity index is 2370. The average molecular weight is 898 g/mol. The van der Waals surface area contributed by atoms with E-state index in [-0.39, 0.29) is 17.7 Å². The van der Waals surface area contributed by atoms with Crippen LogP contribution in [0.5, 0.6) is 5.75 Å². The molecule has 0 aliphatic carbocycles. The van der Waals surface area contributed by atoms with Gasteiger partial charge in [0.05, 0.1) is 39.7 Å². The Labute approximate surface area is 360 Å². The lowest BCUT2D eigenvalue weighted by Gasteiger charge is -2.35. The molecule has 3 aromatic carbocycles. The van der Waals surface area contributed by atoms with Gasteiger partial charge < -0.3 is 35.5 Å². The molecular weight excluding hydrogens is 843 g/mol. The maximum absolute atomic E-state index is 13.5. The van der Waals surface area contributed by atoms with E-state index in [1.165, 1.54) is 16.8 Å². The van der Waals surface area contributed by atoms with Crippen molar-refractivity contribution in [1.29, 1.82) is 0 Å². The number of carbonyl (C=O) groups excluding carboxylic acids is 2. The molecule has 4 heterocycles. The standard InChI is InChI=1S/C44H54BrN10O4P/c1-5-29-25-36(52-44-50-27-33(45)42(54-44)51-35-14-13-34-40(49-22-21-48-34)41(35)60(3,4)58)38(59-2)26-37(29)55-23-16-31(17-24-55)47-20-19-46-18-6-7-28-8-10-30(11-9-28)32-12-15-39(56)53-43(32)57/h8-11,13-14,21-22,25-27,31-32,46-47H,5-7,12,15-20,23-24H2,1-4H3,(H,53,56,57)(H2,50,51,52,54). The fraction of sp³-hybridized carbons (Fsp3) is 0.409. The lowest BCUT2D eigenvalue weighted by Crippen LogP contribution is -2.44. The van der Waals surface area contributed by atoms with Crippen LogP contribution in [0.25, 0.3) is 11.0 Å². The molecule has 5 aromatic rings. The van der Waals surface area contributed by atoms with Crippen molar-refractivity contribution in [2.24, 2.45) is 0 Å². The zero-order chi connectivity index (χ0) is 42.2. The van der Waals surface area contributed by atoms with Crippen LogP contribution in [0.15, 0.2) is 71.6 Å². The van der Waals surface area contributed by atoms with Gasteiger partial charge in [-0.3, -0.25) is 24.9 Å². The van der Waals surface area contributed by atoms with Crippen molar-refractivity contribution in [3.05, 3.63) is 88.3 Å². The lowest BCUT2D eigenvalue weighted by molar-refractivity contribution is -0.134. The monoisotopic (exact) mass is 896 g/mol. The molecule has 316 valence electrons. The van der Waals surface area contributed by atoms with E-state index in [9.17, 15) is 14.2 Å². The summed E-state index contributed by atoms with van der Waals surface area (Å²) >= 11 is 3.59. The molecule has 14 nitrogen and oxygen atoms in total. The Morgan fingerprint density at radius 1 is 0.933 bits per heavy atom. The van der Waals surface area contributed by atoms with Gasteiger partial charge in [-0.2, -0.15) is 4.98 Å². The number of piperidine rings is 2. The molecule has 16 heteroatoms. The summed E-state index contributed by atoms with van der Waals surface area (Å²) in [6, 6.07) is 16.7. The average Bonchev–Trinajstić information content (AvgIpc) is 3.24. The number of ether oxygens (including phenoxy) is 1. The Morgan fingerprint density at radius 3 is 2.45 bits per heavy atom. The first kappa shape index (κ1) is 43.1. The molecule has 2 amide bonds. The summed E-state index contributed by atoms with van der Waals surface area (Å²) in [7, 11) is -1.09. The number of imide groups is 1. The van der Waals surface area contributed by atoms with E-state index >= 15 is 0 Å². The van der Waals surface area contributed by atoms with Crippen molar-refractivity contribution in [3.63, 3.8) is 0 Å². The lowest BCUT2D eigenvalue weighted by atomic mass is 9.90. The fourth-order valence-electron chi connectivity index (χ4n) is 8.05. The van der Waals surface area contributed by atoms with Gasteiger partial charge in [0.15, 0.2) is 0 Å². The Kier molecular flexibility index (Phi) is 14.1. The van der Waals surface area contributed by atoms with E-state index in [0.717, 1.165) is 76.1 Å². The third kappa shape index (κ3) is 10.5. The van der Waals surface area contributed by atoms with Gasteiger partial charge in [0.2, 0.25) is 17.8 Å². The van der Waals surface area contributed by atoms with Gasteiger partial charge >= 0.3 is 0 Å². The van der Waals surface area contributed by atoms with Crippen LogP contribution in [0.4, 0.5) is 28.8 Å². The van der Waals surface area contributed by atoms with Crippen LogP contribution in [0.2, 0.25) is 0 Å². The molecule has 2 aliphatic rings. The van der Waals surface area contributed by atoms with Gasteiger partial charge in [0.25, 0.3) is 0 Å². The minimum absolute atomic E-state index is 0.182. The highest BCUT2D eigenvalue weighted by atomic mass is 79.9. The third-order valence-corrected chi connectivity index (χ3v) is 13.3. The van der Waals surface area contributed by atoms with Gasteiger partial charge in [0.1, 0.15) is 24.2 Å². The van der Waals surface area contributed by atoms with Crippen LogP contribution < -0.4 is 41.5 Å². The second-order valence-corrected chi connectivity index (χ2v) is 19.7. The second kappa shape index (κ2) is 19.6. The summed E-state index contributed by atoms with van der Waals surface area (Å²) in [5, 5.41) is 17.2. The van der Waals surface area contributed by atoms with Crippen molar-refractivity contribution < 1.29 is 18.9 Å². The highest BCUT2D eigenvalue weighted by Crippen LogP contribution is 2.42. The fourth-order valence-corrected chi connectivity index (χ4v) is 9.73. The number of aromatic nitrogens is 4. The number of rotatable bonds is 17. The largest absolute Gasteiger partial charge is 0.494 e. The minimum Gasteiger partial charge on any atom is -0.494 e. The molecule has 60 heavy (non-hydrogen) atoms. The number of fused-ring (bicyclic) bond motifs is 1. The molecule has 7 rings (SSSR count). The summed E-state index contributed by atoms with van der Waals surface area (Å²) < 4.78 is 20.0. The smallest absolute Gasteiger partial charge is 0.234 e. The number of hydrogen-bond acceptors (Lipinski definition) is 13. The quantitative estimate of drug-likeness (QED) is 0.0375. The molecule has 0 bridgehead atoms. The molecule has 2 aliphatic heterocycles. The topological polar surface area (TPSA) is 175 Å². The normalized spacial score (nSPS) is 16.2. The number of methoxy groups -OCH3 is 1. The molecular formula is C44H54BrN10O4P. The van der Waals surface area contributed by atoms with E-state index in [2.05, 4.69) is 93.6 Å².